The number of aromatic hydroxyl groups is 1. The first kappa shape index (κ1) is 11.0. The van der Waals surface area contributed by atoms with E-state index in [4.69, 9.17) is 0 Å². The molecule has 16 heavy (non-hydrogen) atoms. The highest BCUT2D eigenvalue weighted by atomic mass is 16.3. The van der Waals surface area contributed by atoms with Gasteiger partial charge in [0, 0.05) is 11.8 Å². The van der Waals surface area contributed by atoms with Crippen LogP contribution in [0, 0.1) is 6.92 Å². The van der Waals surface area contributed by atoms with Gasteiger partial charge < -0.3 is 15.7 Å². The molecule has 0 radical (unpaired) electrons. The van der Waals surface area contributed by atoms with Crippen LogP contribution in [0.3, 0.4) is 0 Å². The molecule has 3 N–H and O–H groups in total. The number of phenolic OH excluding ortho intramolecular Hbond substituents is 1. The molecule has 0 spiro atoms. The summed E-state index contributed by atoms with van der Waals surface area (Å²) in [6.45, 7) is 2.72. The van der Waals surface area contributed by atoms with Crippen LogP contribution in [-0.4, -0.2) is 23.6 Å². The average molecular weight is 220 g/mol. The van der Waals surface area contributed by atoms with Gasteiger partial charge in [-0.25, -0.2) is 0 Å². The van der Waals surface area contributed by atoms with Crippen molar-refractivity contribution in [1.82, 2.24) is 5.32 Å². The van der Waals surface area contributed by atoms with Gasteiger partial charge in [0.1, 0.15) is 5.75 Å². The van der Waals surface area contributed by atoms with E-state index in [0.717, 1.165) is 24.9 Å². The van der Waals surface area contributed by atoms with E-state index in [1.165, 1.54) is 0 Å². The molecule has 1 aliphatic rings. The number of carbonyl (C=O) groups excluding carboxylic acids is 1. The van der Waals surface area contributed by atoms with Gasteiger partial charge in [0.15, 0.2) is 0 Å². The maximum absolute atomic E-state index is 11.8. The van der Waals surface area contributed by atoms with E-state index >= 15 is 0 Å². The molecule has 2 rings (SSSR count). The van der Waals surface area contributed by atoms with Gasteiger partial charge in [-0.05, 0) is 37.9 Å². The first-order valence-corrected chi connectivity index (χ1v) is 5.50. The molecule has 0 bridgehead atoms. The highest BCUT2D eigenvalue weighted by Gasteiger charge is 2.21. The smallest absolute Gasteiger partial charge is 0.241 e. The van der Waals surface area contributed by atoms with Crippen molar-refractivity contribution >= 4 is 11.6 Å². The van der Waals surface area contributed by atoms with Crippen LogP contribution in [0.2, 0.25) is 0 Å². The Morgan fingerprint density at radius 2 is 2.38 bits per heavy atom. The number of amides is 1. The van der Waals surface area contributed by atoms with Gasteiger partial charge in [-0.2, -0.15) is 0 Å². The van der Waals surface area contributed by atoms with Crippen LogP contribution in [-0.2, 0) is 4.79 Å². The standard InChI is InChI=1S/C12H16N2O2/c1-8-4-5-9(7-11(8)15)14-12(16)10-3-2-6-13-10/h4-5,7,10,13,15H,2-3,6H2,1H3,(H,14,16)/t10-/m0/s1. The zero-order chi connectivity index (χ0) is 11.5. The molecule has 4 heteroatoms. The monoisotopic (exact) mass is 220 g/mol. The van der Waals surface area contributed by atoms with Crippen molar-refractivity contribution < 1.29 is 9.90 Å². The molecule has 0 aliphatic carbocycles. The molecule has 1 atom stereocenters. The summed E-state index contributed by atoms with van der Waals surface area (Å²) >= 11 is 0. The minimum absolute atomic E-state index is 0.0271. The van der Waals surface area contributed by atoms with E-state index in [-0.39, 0.29) is 17.7 Å². The van der Waals surface area contributed by atoms with E-state index in [1.807, 2.05) is 6.92 Å². The lowest BCUT2D eigenvalue weighted by atomic mass is 10.2. The Bertz CT molecular complexity index is 398. The largest absolute Gasteiger partial charge is 0.508 e. The Balaban J connectivity index is 2.02. The second-order valence-corrected chi connectivity index (χ2v) is 4.14. The Morgan fingerprint density at radius 1 is 1.56 bits per heavy atom. The van der Waals surface area contributed by atoms with Gasteiger partial charge in [-0.3, -0.25) is 4.79 Å². The number of carbonyl (C=O) groups is 1. The molecule has 1 amide bonds. The Labute approximate surface area is 94.7 Å². The first-order valence-electron chi connectivity index (χ1n) is 5.50. The molecule has 1 aromatic carbocycles. The van der Waals surface area contributed by atoms with E-state index in [2.05, 4.69) is 10.6 Å². The molecule has 1 saturated heterocycles. The second kappa shape index (κ2) is 4.53. The Kier molecular flexibility index (Phi) is 3.10. The molecule has 1 aromatic rings. The van der Waals surface area contributed by atoms with Gasteiger partial charge in [-0.1, -0.05) is 6.07 Å². The maximum Gasteiger partial charge on any atom is 0.241 e. The molecule has 86 valence electrons. The molecule has 1 fully saturated rings. The fourth-order valence-corrected chi connectivity index (χ4v) is 1.82. The minimum atomic E-state index is -0.0940. The van der Waals surface area contributed by atoms with E-state index in [9.17, 15) is 9.90 Å². The predicted octanol–water partition coefficient (Wildman–Crippen LogP) is 1.39. The molecular weight excluding hydrogens is 204 g/mol. The van der Waals surface area contributed by atoms with Gasteiger partial charge in [0.2, 0.25) is 5.91 Å². The molecule has 1 heterocycles. The third-order valence-corrected chi connectivity index (χ3v) is 2.85. The molecule has 0 saturated carbocycles. The first-order chi connectivity index (χ1) is 7.66. The third kappa shape index (κ3) is 2.33. The van der Waals surface area contributed by atoms with Crippen molar-refractivity contribution in [1.29, 1.82) is 0 Å². The van der Waals surface area contributed by atoms with Crippen molar-refractivity contribution in [2.45, 2.75) is 25.8 Å². The zero-order valence-corrected chi connectivity index (χ0v) is 9.29. The van der Waals surface area contributed by atoms with Gasteiger partial charge in [-0.15, -0.1) is 0 Å². The fourth-order valence-electron chi connectivity index (χ4n) is 1.82. The molecule has 0 aromatic heterocycles. The van der Waals surface area contributed by atoms with E-state index in [0.29, 0.717) is 5.69 Å². The SMILES string of the molecule is Cc1ccc(NC(=O)[C@@H]2CCCN2)cc1O. The number of aryl methyl sites for hydroxylation is 1. The molecule has 1 aliphatic heterocycles. The number of rotatable bonds is 2. The summed E-state index contributed by atoms with van der Waals surface area (Å²) in [5.41, 5.74) is 1.44. The highest BCUT2D eigenvalue weighted by molar-refractivity contribution is 5.95. The number of hydrogen-bond acceptors (Lipinski definition) is 3. The van der Waals surface area contributed by atoms with Gasteiger partial charge >= 0.3 is 0 Å². The van der Waals surface area contributed by atoms with Crippen LogP contribution in [0.25, 0.3) is 0 Å². The van der Waals surface area contributed by atoms with Crippen molar-refractivity contribution in [2.75, 3.05) is 11.9 Å². The average Bonchev–Trinajstić information content (AvgIpc) is 2.77. The van der Waals surface area contributed by atoms with Crippen molar-refractivity contribution in [3.05, 3.63) is 23.8 Å². The number of hydrogen-bond donors (Lipinski definition) is 3. The quantitative estimate of drug-likeness (QED) is 0.706. The van der Waals surface area contributed by atoms with E-state index < -0.39 is 0 Å². The van der Waals surface area contributed by atoms with Crippen LogP contribution >= 0.6 is 0 Å². The maximum atomic E-state index is 11.8. The van der Waals surface area contributed by atoms with Crippen LogP contribution < -0.4 is 10.6 Å². The van der Waals surface area contributed by atoms with Crippen LogP contribution in [0.15, 0.2) is 18.2 Å². The van der Waals surface area contributed by atoms with E-state index in [1.54, 1.807) is 18.2 Å². The molecule has 4 nitrogen and oxygen atoms in total. The summed E-state index contributed by atoms with van der Waals surface area (Å²) in [7, 11) is 0. The van der Waals surface area contributed by atoms with Crippen molar-refractivity contribution in [3.63, 3.8) is 0 Å². The topological polar surface area (TPSA) is 61.4 Å². The van der Waals surface area contributed by atoms with Crippen molar-refractivity contribution in [2.24, 2.45) is 0 Å². The van der Waals surface area contributed by atoms with Gasteiger partial charge in [0.05, 0.1) is 6.04 Å². The summed E-state index contributed by atoms with van der Waals surface area (Å²) < 4.78 is 0. The second-order valence-electron chi connectivity index (χ2n) is 4.14. The summed E-state index contributed by atoms with van der Waals surface area (Å²) in [6, 6.07) is 5.06. The summed E-state index contributed by atoms with van der Waals surface area (Å²) in [6.07, 6.45) is 1.92. The number of nitrogens with one attached hydrogen (secondary N) is 2. The van der Waals surface area contributed by atoms with Gasteiger partial charge in [0.25, 0.3) is 0 Å². The number of benzene rings is 1. The Hall–Kier alpha value is -1.55. The lowest BCUT2D eigenvalue weighted by molar-refractivity contribution is -0.117. The predicted molar refractivity (Wildman–Crippen MR) is 62.5 cm³/mol. The summed E-state index contributed by atoms with van der Waals surface area (Å²) in [5.74, 6) is 0.179. The van der Waals surface area contributed by atoms with Crippen molar-refractivity contribution in [3.8, 4) is 5.75 Å². The highest BCUT2D eigenvalue weighted by Crippen LogP contribution is 2.21. The zero-order valence-electron chi connectivity index (χ0n) is 9.29. The normalized spacial score (nSPS) is 19.7. The lowest BCUT2D eigenvalue weighted by Crippen LogP contribution is -2.35. The lowest BCUT2D eigenvalue weighted by Gasteiger charge is -2.11. The molecular formula is C12H16N2O2. The fraction of sp³-hybridized carbons (Fsp3) is 0.417. The minimum Gasteiger partial charge on any atom is -0.508 e. The molecule has 0 unspecified atom stereocenters. The van der Waals surface area contributed by atoms with Crippen LogP contribution in [0.5, 0.6) is 5.75 Å². The Morgan fingerprint density at radius 3 is 3.00 bits per heavy atom. The van der Waals surface area contributed by atoms with Crippen LogP contribution in [0.4, 0.5) is 5.69 Å². The third-order valence-electron chi connectivity index (χ3n) is 2.85. The summed E-state index contributed by atoms with van der Waals surface area (Å²) in [4.78, 5) is 11.8. The number of anilines is 1. The van der Waals surface area contributed by atoms with Crippen LogP contribution in [0.1, 0.15) is 18.4 Å². The summed E-state index contributed by atoms with van der Waals surface area (Å²) in [5, 5.41) is 15.4. The number of phenols is 1.